The maximum Gasteiger partial charge on any atom is 0.243 e. The SMILES string of the molecule is CCN(CC(=O)NCCC1=CCCCC1)S(=O)(=O)c1ccc(OC)cc1. The van der Waals surface area contributed by atoms with E-state index in [1.807, 2.05) is 0 Å². The van der Waals surface area contributed by atoms with Crippen molar-refractivity contribution >= 4 is 15.9 Å². The fourth-order valence-electron chi connectivity index (χ4n) is 2.97. The van der Waals surface area contributed by atoms with Gasteiger partial charge in [-0.05, 0) is 56.4 Å². The first-order valence-electron chi connectivity index (χ1n) is 9.06. The fourth-order valence-corrected chi connectivity index (χ4v) is 4.38. The van der Waals surface area contributed by atoms with Crippen LogP contribution in [0.5, 0.6) is 5.75 Å². The highest BCUT2D eigenvalue weighted by Gasteiger charge is 2.25. The zero-order chi connectivity index (χ0) is 19.0. The Morgan fingerprint density at radius 1 is 1.23 bits per heavy atom. The highest BCUT2D eigenvalue weighted by atomic mass is 32.2. The molecule has 1 amide bonds. The van der Waals surface area contributed by atoms with Crippen molar-refractivity contribution in [2.75, 3.05) is 26.7 Å². The lowest BCUT2D eigenvalue weighted by molar-refractivity contribution is -0.121. The number of benzene rings is 1. The van der Waals surface area contributed by atoms with Crippen molar-refractivity contribution in [2.24, 2.45) is 0 Å². The molecule has 0 aliphatic heterocycles. The minimum Gasteiger partial charge on any atom is -0.497 e. The molecule has 1 aromatic rings. The minimum atomic E-state index is -3.71. The number of allylic oxidation sites excluding steroid dienone is 1. The van der Waals surface area contributed by atoms with Crippen LogP contribution in [-0.4, -0.2) is 45.4 Å². The van der Waals surface area contributed by atoms with Crippen molar-refractivity contribution < 1.29 is 17.9 Å². The second-order valence-electron chi connectivity index (χ2n) is 6.31. The molecular weight excluding hydrogens is 352 g/mol. The van der Waals surface area contributed by atoms with Gasteiger partial charge < -0.3 is 10.1 Å². The van der Waals surface area contributed by atoms with Gasteiger partial charge in [0.05, 0.1) is 18.6 Å². The Morgan fingerprint density at radius 3 is 2.54 bits per heavy atom. The summed E-state index contributed by atoms with van der Waals surface area (Å²) in [5.41, 5.74) is 1.38. The number of sulfonamides is 1. The first-order valence-corrected chi connectivity index (χ1v) is 10.5. The van der Waals surface area contributed by atoms with Crippen LogP contribution in [0.4, 0.5) is 0 Å². The van der Waals surface area contributed by atoms with Gasteiger partial charge in [-0.15, -0.1) is 0 Å². The van der Waals surface area contributed by atoms with Crippen LogP contribution in [0.3, 0.4) is 0 Å². The Bertz CT molecular complexity index is 726. The molecule has 26 heavy (non-hydrogen) atoms. The summed E-state index contributed by atoms with van der Waals surface area (Å²) in [7, 11) is -2.19. The standard InChI is InChI=1S/C19H28N2O4S/c1-3-21(26(23,24)18-11-9-17(25-2)10-12-18)15-19(22)20-14-13-16-7-5-4-6-8-16/h7,9-12H,3-6,8,13-15H2,1-2H3,(H,20,22). The van der Waals surface area contributed by atoms with Crippen LogP contribution in [0.25, 0.3) is 0 Å². The van der Waals surface area contributed by atoms with E-state index in [0.717, 1.165) is 19.3 Å². The molecule has 0 aromatic heterocycles. The number of carbonyl (C=O) groups excluding carboxylic acids is 1. The third kappa shape index (κ3) is 5.57. The molecule has 6 nitrogen and oxygen atoms in total. The maximum absolute atomic E-state index is 12.7. The molecule has 1 N–H and O–H groups in total. The molecule has 0 unspecified atom stereocenters. The van der Waals surface area contributed by atoms with Gasteiger partial charge in [-0.1, -0.05) is 18.6 Å². The van der Waals surface area contributed by atoms with Crippen molar-refractivity contribution in [3.8, 4) is 5.75 Å². The zero-order valence-corrected chi connectivity index (χ0v) is 16.3. The molecule has 0 fully saturated rings. The first kappa shape index (κ1) is 20.5. The molecular formula is C19H28N2O4S. The quantitative estimate of drug-likeness (QED) is 0.669. The highest BCUT2D eigenvalue weighted by Crippen LogP contribution is 2.20. The van der Waals surface area contributed by atoms with Gasteiger partial charge in [-0.3, -0.25) is 4.79 Å². The number of nitrogens with zero attached hydrogens (tertiary/aromatic N) is 1. The third-order valence-electron chi connectivity index (χ3n) is 4.52. The van der Waals surface area contributed by atoms with Crippen molar-refractivity contribution in [3.63, 3.8) is 0 Å². The molecule has 0 atom stereocenters. The minimum absolute atomic E-state index is 0.153. The van der Waals surface area contributed by atoms with E-state index in [0.29, 0.717) is 12.3 Å². The van der Waals surface area contributed by atoms with Gasteiger partial charge in [0.25, 0.3) is 0 Å². The van der Waals surface area contributed by atoms with Gasteiger partial charge in [-0.2, -0.15) is 4.31 Å². The van der Waals surface area contributed by atoms with Crippen molar-refractivity contribution in [1.29, 1.82) is 0 Å². The predicted octanol–water partition coefficient (Wildman–Crippen LogP) is 2.71. The van der Waals surface area contributed by atoms with Crippen LogP contribution in [0.1, 0.15) is 39.0 Å². The molecule has 1 aromatic carbocycles. The summed E-state index contributed by atoms with van der Waals surface area (Å²) >= 11 is 0. The van der Waals surface area contributed by atoms with Crippen LogP contribution in [0.15, 0.2) is 40.8 Å². The maximum atomic E-state index is 12.7. The predicted molar refractivity (Wildman–Crippen MR) is 102 cm³/mol. The Labute approximate surface area is 156 Å². The van der Waals surface area contributed by atoms with Gasteiger partial charge in [0.15, 0.2) is 0 Å². The molecule has 144 valence electrons. The summed E-state index contributed by atoms with van der Waals surface area (Å²) < 4.78 is 31.7. The molecule has 2 rings (SSSR count). The number of rotatable bonds is 9. The number of likely N-dealkylation sites (N-methyl/N-ethyl adjacent to an activating group) is 1. The van der Waals surface area contributed by atoms with E-state index in [4.69, 9.17) is 4.74 Å². The summed E-state index contributed by atoms with van der Waals surface area (Å²) in [6.45, 7) is 2.32. The monoisotopic (exact) mass is 380 g/mol. The van der Waals surface area contributed by atoms with Crippen LogP contribution in [0.2, 0.25) is 0 Å². The van der Waals surface area contributed by atoms with Crippen molar-refractivity contribution in [1.82, 2.24) is 9.62 Å². The highest BCUT2D eigenvalue weighted by molar-refractivity contribution is 7.89. The van der Waals surface area contributed by atoms with Crippen LogP contribution >= 0.6 is 0 Å². The number of amides is 1. The molecule has 0 saturated carbocycles. The van der Waals surface area contributed by atoms with Crippen LogP contribution < -0.4 is 10.1 Å². The molecule has 1 aliphatic rings. The van der Waals surface area contributed by atoms with Gasteiger partial charge >= 0.3 is 0 Å². The van der Waals surface area contributed by atoms with E-state index in [1.54, 1.807) is 19.1 Å². The summed E-state index contributed by atoms with van der Waals surface area (Å²) in [4.78, 5) is 12.3. The molecule has 0 spiro atoms. The van der Waals surface area contributed by atoms with E-state index in [1.165, 1.54) is 42.0 Å². The van der Waals surface area contributed by atoms with Crippen molar-refractivity contribution in [2.45, 2.75) is 43.9 Å². The number of hydrogen-bond donors (Lipinski definition) is 1. The Balaban J connectivity index is 1.91. The Hall–Kier alpha value is -1.86. The third-order valence-corrected chi connectivity index (χ3v) is 6.46. The fraction of sp³-hybridized carbons (Fsp3) is 0.526. The topological polar surface area (TPSA) is 75.7 Å². The number of methoxy groups -OCH3 is 1. The summed E-state index contributed by atoms with van der Waals surface area (Å²) in [6.07, 6.45) is 7.76. The first-order chi connectivity index (χ1) is 12.5. The van der Waals surface area contributed by atoms with Crippen LogP contribution in [0, 0.1) is 0 Å². The summed E-state index contributed by atoms with van der Waals surface area (Å²) in [6, 6.07) is 6.17. The lowest BCUT2D eigenvalue weighted by Crippen LogP contribution is -2.40. The number of ether oxygens (including phenoxy) is 1. The van der Waals surface area contributed by atoms with E-state index in [-0.39, 0.29) is 23.9 Å². The lowest BCUT2D eigenvalue weighted by atomic mass is 9.97. The number of carbonyl (C=O) groups is 1. The molecule has 7 heteroatoms. The lowest BCUT2D eigenvalue weighted by Gasteiger charge is -2.20. The zero-order valence-electron chi connectivity index (χ0n) is 15.5. The molecule has 1 aliphatic carbocycles. The average molecular weight is 381 g/mol. The number of nitrogens with one attached hydrogen (secondary N) is 1. The second kappa shape index (κ2) is 9.73. The summed E-state index contributed by atoms with van der Waals surface area (Å²) in [5, 5.41) is 2.83. The molecule has 0 bridgehead atoms. The van der Waals surface area contributed by atoms with Crippen molar-refractivity contribution in [3.05, 3.63) is 35.9 Å². The Morgan fingerprint density at radius 2 is 1.96 bits per heavy atom. The van der Waals surface area contributed by atoms with E-state index in [2.05, 4.69) is 11.4 Å². The van der Waals surface area contributed by atoms with Gasteiger partial charge in [0.2, 0.25) is 15.9 Å². The van der Waals surface area contributed by atoms with E-state index < -0.39 is 10.0 Å². The van der Waals surface area contributed by atoms with E-state index in [9.17, 15) is 13.2 Å². The largest absolute Gasteiger partial charge is 0.497 e. The molecule has 0 heterocycles. The van der Waals surface area contributed by atoms with E-state index >= 15 is 0 Å². The molecule has 0 radical (unpaired) electrons. The normalized spacial score (nSPS) is 14.8. The average Bonchev–Trinajstić information content (AvgIpc) is 2.66. The Kier molecular flexibility index (Phi) is 7.66. The van der Waals surface area contributed by atoms with Crippen LogP contribution in [-0.2, 0) is 14.8 Å². The number of hydrogen-bond acceptors (Lipinski definition) is 4. The molecule has 0 saturated heterocycles. The summed E-state index contributed by atoms with van der Waals surface area (Å²) in [5.74, 6) is 0.308. The van der Waals surface area contributed by atoms with Gasteiger partial charge in [-0.25, -0.2) is 8.42 Å². The second-order valence-corrected chi connectivity index (χ2v) is 8.25. The smallest absolute Gasteiger partial charge is 0.243 e. The van der Waals surface area contributed by atoms with Gasteiger partial charge in [0.1, 0.15) is 5.75 Å². The van der Waals surface area contributed by atoms with Gasteiger partial charge in [0, 0.05) is 13.1 Å².